The van der Waals surface area contributed by atoms with Gasteiger partial charge < -0.3 is 14.4 Å². The van der Waals surface area contributed by atoms with Gasteiger partial charge >= 0.3 is 0 Å². The second-order valence-electron chi connectivity index (χ2n) is 8.60. The summed E-state index contributed by atoms with van der Waals surface area (Å²) in [6.45, 7) is 2.50. The zero-order valence-corrected chi connectivity index (χ0v) is 15.7. The highest BCUT2D eigenvalue weighted by molar-refractivity contribution is 5.98. The molecule has 1 aromatic rings. The first-order valence-electron chi connectivity index (χ1n) is 10.4. The van der Waals surface area contributed by atoms with Gasteiger partial charge in [0.1, 0.15) is 13.2 Å². The highest BCUT2D eigenvalue weighted by atomic mass is 16.6. The lowest BCUT2D eigenvalue weighted by molar-refractivity contribution is -0.138. The molecule has 1 saturated heterocycles. The molecule has 2 bridgehead atoms. The Labute approximate surface area is 160 Å². The maximum atomic E-state index is 12.9. The van der Waals surface area contributed by atoms with Crippen molar-refractivity contribution in [2.24, 2.45) is 23.7 Å². The van der Waals surface area contributed by atoms with Crippen molar-refractivity contribution < 1.29 is 19.1 Å². The van der Waals surface area contributed by atoms with Gasteiger partial charge in [0.15, 0.2) is 17.3 Å². The molecule has 2 aliphatic heterocycles. The van der Waals surface area contributed by atoms with Crippen LogP contribution >= 0.6 is 0 Å². The number of ether oxygens (including phenoxy) is 2. The van der Waals surface area contributed by atoms with E-state index in [0.717, 1.165) is 25.2 Å². The summed E-state index contributed by atoms with van der Waals surface area (Å²) in [5.74, 6) is 3.56. The van der Waals surface area contributed by atoms with Gasteiger partial charge in [-0.1, -0.05) is 6.42 Å². The monoisotopic (exact) mass is 369 g/mol. The van der Waals surface area contributed by atoms with Crippen LogP contribution in [0.25, 0.3) is 0 Å². The molecule has 144 valence electrons. The molecule has 5 rings (SSSR count). The van der Waals surface area contributed by atoms with Crippen LogP contribution in [-0.4, -0.2) is 42.9 Å². The molecule has 1 aromatic carbocycles. The van der Waals surface area contributed by atoms with E-state index < -0.39 is 0 Å². The Morgan fingerprint density at radius 3 is 2.41 bits per heavy atom. The molecule has 5 nitrogen and oxygen atoms in total. The van der Waals surface area contributed by atoms with Gasteiger partial charge in [-0.15, -0.1) is 0 Å². The molecule has 3 atom stereocenters. The molecule has 2 saturated carbocycles. The number of benzene rings is 1. The molecule has 4 aliphatic rings. The van der Waals surface area contributed by atoms with Crippen molar-refractivity contribution in [3.05, 3.63) is 23.8 Å². The number of fused-ring (bicyclic) bond motifs is 3. The van der Waals surface area contributed by atoms with Crippen LogP contribution in [0.2, 0.25) is 0 Å². The summed E-state index contributed by atoms with van der Waals surface area (Å²) in [6.07, 6.45) is 6.44. The standard InChI is InChI=1S/C22H27NO4/c24-21(17-3-4-19-20(13-17)27-10-9-26-19)15-5-7-23(8-6-15)22(25)18-12-14-1-2-16(18)11-14/h3-4,13-16,18H,1-2,5-12H2. The number of rotatable bonds is 3. The molecule has 2 aliphatic carbocycles. The summed E-state index contributed by atoms with van der Waals surface area (Å²) in [4.78, 5) is 27.9. The lowest BCUT2D eigenvalue weighted by Gasteiger charge is -2.35. The molecule has 0 radical (unpaired) electrons. The van der Waals surface area contributed by atoms with E-state index >= 15 is 0 Å². The molecule has 5 heteroatoms. The normalized spacial score (nSPS) is 29.8. The number of ketones is 1. The Balaban J connectivity index is 1.20. The zero-order valence-electron chi connectivity index (χ0n) is 15.7. The van der Waals surface area contributed by atoms with Gasteiger partial charge in [0, 0.05) is 30.5 Å². The maximum absolute atomic E-state index is 12.9. The fraction of sp³-hybridized carbons (Fsp3) is 0.636. The predicted molar refractivity (Wildman–Crippen MR) is 100 cm³/mol. The molecule has 3 fully saturated rings. The van der Waals surface area contributed by atoms with Gasteiger partial charge in [-0.25, -0.2) is 0 Å². The first-order valence-corrected chi connectivity index (χ1v) is 10.4. The van der Waals surface area contributed by atoms with Crippen LogP contribution in [0.1, 0.15) is 48.9 Å². The van der Waals surface area contributed by atoms with Gasteiger partial charge in [-0.3, -0.25) is 9.59 Å². The zero-order chi connectivity index (χ0) is 18.4. The summed E-state index contributed by atoms with van der Waals surface area (Å²) in [5.41, 5.74) is 0.692. The third-order valence-electron chi connectivity index (χ3n) is 7.06. The fourth-order valence-corrected chi connectivity index (χ4v) is 5.58. The highest BCUT2D eigenvalue weighted by Gasteiger charge is 2.45. The van der Waals surface area contributed by atoms with E-state index in [1.807, 2.05) is 23.1 Å². The van der Waals surface area contributed by atoms with Crippen LogP contribution in [-0.2, 0) is 4.79 Å². The van der Waals surface area contributed by atoms with Crippen LogP contribution in [0.3, 0.4) is 0 Å². The largest absolute Gasteiger partial charge is 0.486 e. The number of carbonyl (C=O) groups excluding carboxylic acids is 2. The van der Waals surface area contributed by atoms with E-state index in [4.69, 9.17) is 9.47 Å². The van der Waals surface area contributed by atoms with Crippen molar-refractivity contribution >= 4 is 11.7 Å². The van der Waals surface area contributed by atoms with E-state index in [2.05, 4.69) is 0 Å². The minimum atomic E-state index is -0.00311. The van der Waals surface area contributed by atoms with E-state index in [-0.39, 0.29) is 17.6 Å². The van der Waals surface area contributed by atoms with Crippen molar-refractivity contribution in [3.8, 4) is 11.5 Å². The summed E-state index contributed by atoms with van der Waals surface area (Å²) in [6, 6.07) is 5.47. The van der Waals surface area contributed by atoms with Gasteiger partial charge in [0.2, 0.25) is 5.91 Å². The lowest BCUT2D eigenvalue weighted by atomic mass is 9.85. The molecule has 0 N–H and O–H groups in total. The van der Waals surface area contributed by atoms with Crippen molar-refractivity contribution in [2.45, 2.75) is 38.5 Å². The fourth-order valence-electron chi connectivity index (χ4n) is 5.58. The number of Topliss-reactive ketones (excluding diaryl/α,β-unsaturated/α-hetero) is 1. The molecular weight excluding hydrogens is 342 g/mol. The highest BCUT2D eigenvalue weighted by Crippen LogP contribution is 2.49. The number of nitrogens with zero attached hydrogens (tertiary/aromatic N) is 1. The number of carbonyl (C=O) groups is 2. The summed E-state index contributed by atoms with van der Waals surface area (Å²) >= 11 is 0. The van der Waals surface area contributed by atoms with Crippen molar-refractivity contribution in [1.82, 2.24) is 4.90 Å². The van der Waals surface area contributed by atoms with Gasteiger partial charge in [-0.05, 0) is 62.1 Å². The minimum Gasteiger partial charge on any atom is -0.486 e. The van der Waals surface area contributed by atoms with E-state index in [0.29, 0.717) is 55.2 Å². The Bertz CT molecular complexity index is 753. The Morgan fingerprint density at radius 1 is 0.926 bits per heavy atom. The molecule has 0 aromatic heterocycles. The number of hydrogen-bond donors (Lipinski definition) is 0. The van der Waals surface area contributed by atoms with Gasteiger partial charge in [0.25, 0.3) is 0 Å². The van der Waals surface area contributed by atoms with Crippen LogP contribution in [0.4, 0.5) is 0 Å². The average molecular weight is 369 g/mol. The van der Waals surface area contributed by atoms with E-state index in [9.17, 15) is 9.59 Å². The minimum absolute atomic E-state index is 0.00311. The average Bonchev–Trinajstić information content (AvgIpc) is 3.36. The SMILES string of the molecule is O=C(c1ccc2c(c1)OCCO2)C1CCN(C(=O)C2CC3CCC2C3)CC1. The summed E-state index contributed by atoms with van der Waals surface area (Å²) in [7, 11) is 0. The molecule has 27 heavy (non-hydrogen) atoms. The second-order valence-corrected chi connectivity index (χ2v) is 8.60. The quantitative estimate of drug-likeness (QED) is 0.767. The third kappa shape index (κ3) is 3.11. The number of likely N-dealkylation sites (tertiary alicyclic amines) is 1. The Morgan fingerprint density at radius 2 is 1.70 bits per heavy atom. The number of hydrogen-bond acceptors (Lipinski definition) is 4. The molecule has 2 heterocycles. The van der Waals surface area contributed by atoms with Crippen molar-refractivity contribution in [3.63, 3.8) is 0 Å². The molecule has 0 spiro atoms. The molecule has 3 unspecified atom stereocenters. The third-order valence-corrected chi connectivity index (χ3v) is 7.06. The van der Waals surface area contributed by atoms with Gasteiger partial charge in [0.05, 0.1) is 0 Å². The van der Waals surface area contributed by atoms with E-state index in [1.165, 1.54) is 19.3 Å². The summed E-state index contributed by atoms with van der Waals surface area (Å²) in [5, 5.41) is 0. The van der Waals surface area contributed by atoms with Crippen LogP contribution in [0.15, 0.2) is 18.2 Å². The van der Waals surface area contributed by atoms with Crippen LogP contribution in [0, 0.1) is 23.7 Å². The molecular formula is C22H27NO4. The number of amides is 1. The van der Waals surface area contributed by atoms with Crippen molar-refractivity contribution in [2.75, 3.05) is 26.3 Å². The topological polar surface area (TPSA) is 55.8 Å². The predicted octanol–water partition coefficient (Wildman–Crippen LogP) is 3.32. The Hall–Kier alpha value is -2.04. The van der Waals surface area contributed by atoms with E-state index in [1.54, 1.807) is 0 Å². The maximum Gasteiger partial charge on any atom is 0.225 e. The second kappa shape index (κ2) is 6.84. The Kier molecular flexibility index (Phi) is 4.33. The first-order chi connectivity index (χ1) is 13.2. The van der Waals surface area contributed by atoms with Crippen LogP contribution in [0.5, 0.6) is 11.5 Å². The van der Waals surface area contributed by atoms with Crippen molar-refractivity contribution in [1.29, 1.82) is 0 Å². The first kappa shape index (κ1) is 17.1. The smallest absolute Gasteiger partial charge is 0.225 e. The van der Waals surface area contributed by atoms with Gasteiger partial charge in [-0.2, -0.15) is 0 Å². The lowest BCUT2D eigenvalue weighted by Crippen LogP contribution is -2.44. The summed E-state index contributed by atoms with van der Waals surface area (Å²) < 4.78 is 11.1. The number of piperidine rings is 1. The van der Waals surface area contributed by atoms with Crippen LogP contribution < -0.4 is 9.47 Å². The molecule has 1 amide bonds.